The normalized spacial score (nSPS) is 14.3. The van der Waals surface area contributed by atoms with E-state index in [1.54, 1.807) is 0 Å². The average molecular weight is 513 g/mol. The summed E-state index contributed by atoms with van der Waals surface area (Å²) < 4.78 is 83.4. The standard InChI is InChI=1S/C21H18F6N2O4.ClH/c22-20(23,24)13-5-11(6-14(8-13)21(25,26)27)10-33-15-1-2-17-12(7-15)3-4-29(17)19(32)16(28)9-18(30)31;/h1-2,5-8,16H,3-4,9-10,28H2,(H,30,31);1H/t16-;/m1./s1. The molecule has 0 spiro atoms. The molecule has 2 aromatic carbocycles. The Morgan fingerprint density at radius 3 is 2.15 bits per heavy atom. The Morgan fingerprint density at radius 2 is 1.62 bits per heavy atom. The molecule has 0 saturated carbocycles. The van der Waals surface area contributed by atoms with Crippen LogP contribution in [0, 0.1) is 0 Å². The maximum absolute atomic E-state index is 13.0. The zero-order chi connectivity index (χ0) is 24.6. The van der Waals surface area contributed by atoms with Crippen LogP contribution in [0.15, 0.2) is 36.4 Å². The lowest BCUT2D eigenvalue weighted by Gasteiger charge is -2.21. The molecule has 0 aliphatic carbocycles. The number of aliphatic carboxylic acids is 1. The number of rotatable bonds is 6. The van der Waals surface area contributed by atoms with E-state index in [-0.39, 0.29) is 36.3 Å². The van der Waals surface area contributed by atoms with Gasteiger partial charge in [-0.05, 0) is 53.9 Å². The molecule has 1 aliphatic heterocycles. The van der Waals surface area contributed by atoms with Crippen molar-refractivity contribution in [3.05, 3.63) is 58.7 Å². The van der Waals surface area contributed by atoms with Crippen LogP contribution in [0.5, 0.6) is 5.75 Å². The van der Waals surface area contributed by atoms with Crippen LogP contribution in [0.3, 0.4) is 0 Å². The number of carboxylic acid groups (broad SMARTS) is 1. The number of hydrogen-bond acceptors (Lipinski definition) is 4. The summed E-state index contributed by atoms with van der Waals surface area (Å²) in [7, 11) is 0. The Morgan fingerprint density at radius 1 is 1.03 bits per heavy atom. The van der Waals surface area contributed by atoms with Crippen molar-refractivity contribution in [1.82, 2.24) is 0 Å². The van der Waals surface area contributed by atoms with Gasteiger partial charge in [0.25, 0.3) is 0 Å². The highest BCUT2D eigenvalue weighted by Crippen LogP contribution is 2.37. The van der Waals surface area contributed by atoms with Crippen molar-refractivity contribution in [3.63, 3.8) is 0 Å². The molecule has 1 amide bonds. The number of nitrogens with zero attached hydrogens (tertiary/aromatic N) is 1. The van der Waals surface area contributed by atoms with E-state index in [2.05, 4.69) is 0 Å². The van der Waals surface area contributed by atoms with Gasteiger partial charge in [0.05, 0.1) is 23.6 Å². The fraction of sp³-hybridized carbons (Fsp3) is 0.333. The maximum atomic E-state index is 13.0. The Kier molecular flexibility index (Phi) is 8.10. The van der Waals surface area contributed by atoms with E-state index in [4.69, 9.17) is 15.6 Å². The van der Waals surface area contributed by atoms with Crippen molar-refractivity contribution in [1.29, 1.82) is 0 Å². The minimum Gasteiger partial charge on any atom is -0.489 e. The molecule has 13 heteroatoms. The molecule has 0 bridgehead atoms. The van der Waals surface area contributed by atoms with Crippen molar-refractivity contribution in [2.24, 2.45) is 5.73 Å². The molecule has 0 aromatic heterocycles. The number of carboxylic acids is 1. The molecule has 0 unspecified atom stereocenters. The fourth-order valence-electron chi connectivity index (χ4n) is 3.44. The Bertz CT molecular complexity index is 1040. The van der Waals surface area contributed by atoms with Crippen LogP contribution >= 0.6 is 12.4 Å². The topological polar surface area (TPSA) is 92.9 Å². The maximum Gasteiger partial charge on any atom is 0.416 e. The second kappa shape index (κ2) is 10.1. The number of alkyl halides is 6. The quantitative estimate of drug-likeness (QED) is 0.559. The zero-order valence-electron chi connectivity index (χ0n) is 17.2. The number of carbonyl (C=O) groups excluding carboxylic acids is 1. The van der Waals surface area contributed by atoms with Gasteiger partial charge in [0, 0.05) is 12.2 Å². The fourth-order valence-corrected chi connectivity index (χ4v) is 3.44. The lowest BCUT2D eigenvalue weighted by Crippen LogP contribution is -2.44. The highest BCUT2D eigenvalue weighted by molar-refractivity contribution is 6.00. The molecule has 0 fully saturated rings. The van der Waals surface area contributed by atoms with Gasteiger partial charge in [-0.1, -0.05) is 0 Å². The van der Waals surface area contributed by atoms with Gasteiger partial charge in [0.2, 0.25) is 5.91 Å². The van der Waals surface area contributed by atoms with Crippen LogP contribution in [0.25, 0.3) is 0 Å². The first-order valence-electron chi connectivity index (χ1n) is 9.58. The van der Waals surface area contributed by atoms with Crippen LogP contribution < -0.4 is 15.4 Å². The molecule has 1 aliphatic rings. The second-order valence-corrected chi connectivity index (χ2v) is 7.44. The van der Waals surface area contributed by atoms with Crippen LogP contribution in [0.4, 0.5) is 32.0 Å². The van der Waals surface area contributed by atoms with Crippen molar-refractivity contribution in [2.75, 3.05) is 11.4 Å². The predicted octanol–water partition coefficient (Wildman–Crippen LogP) is 4.42. The second-order valence-electron chi connectivity index (χ2n) is 7.44. The molecule has 186 valence electrons. The third-order valence-corrected chi connectivity index (χ3v) is 4.98. The van der Waals surface area contributed by atoms with E-state index in [1.807, 2.05) is 0 Å². The molecule has 34 heavy (non-hydrogen) atoms. The predicted molar refractivity (Wildman–Crippen MR) is 111 cm³/mol. The third-order valence-electron chi connectivity index (χ3n) is 4.98. The van der Waals surface area contributed by atoms with E-state index in [1.165, 1.54) is 23.1 Å². The molecule has 3 rings (SSSR count). The largest absolute Gasteiger partial charge is 0.489 e. The number of amides is 1. The summed E-state index contributed by atoms with van der Waals surface area (Å²) in [6.45, 7) is -0.300. The SMILES string of the molecule is Cl.N[C@H](CC(=O)O)C(=O)N1CCc2cc(OCc3cc(C(F)(F)F)cc(C(F)(F)F)c3)ccc21. The summed E-state index contributed by atoms with van der Waals surface area (Å²) in [4.78, 5) is 24.5. The van der Waals surface area contributed by atoms with Crippen LogP contribution in [-0.2, 0) is 35.0 Å². The van der Waals surface area contributed by atoms with E-state index >= 15 is 0 Å². The highest BCUT2D eigenvalue weighted by atomic mass is 35.5. The van der Waals surface area contributed by atoms with Crippen molar-refractivity contribution >= 4 is 30.0 Å². The first-order chi connectivity index (χ1) is 15.3. The lowest BCUT2D eigenvalue weighted by molar-refractivity contribution is -0.143. The number of ether oxygens (including phenoxy) is 1. The van der Waals surface area contributed by atoms with Gasteiger partial charge in [-0.15, -0.1) is 12.4 Å². The summed E-state index contributed by atoms with van der Waals surface area (Å²) in [6, 6.07) is 4.41. The minimum absolute atomic E-state index is 0. The van der Waals surface area contributed by atoms with E-state index < -0.39 is 54.4 Å². The molecule has 6 nitrogen and oxygen atoms in total. The summed E-state index contributed by atoms with van der Waals surface area (Å²) in [5, 5.41) is 8.79. The number of halogens is 7. The lowest BCUT2D eigenvalue weighted by atomic mass is 10.1. The number of hydrogen-bond donors (Lipinski definition) is 2. The first kappa shape index (κ1) is 27.3. The summed E-state index contributed by atoms with van der Waals surface area (Å²) in [6.07, 6.45) is -10.1. The number of benzene rings is 2. The van der Waals surface area contributed by atoms with Gasteiger partial charge in [-0.3, -0.25) is 9.59 Å². The average Bonchev–Trinajstić information content (AvgIpc) is 3.12. The van der Waals surface area contributed by atoms with Crippen molar-refractivity contribution in [2.45, 2.75) is 37.8 Å². The minimum atomic E-state index is -4.96. The first-order valence-corrected chi connectivity index (χ1v) is 9.58. The van der Waals surface area contributed by atoms with Crippen LogP contribution in [0.1, 0.15) is 28.7 Å². The molecule has 1 atom stereocenters. The third kappa shape index (κ3) is 6.32. The van der Waals surface area contributed by atoms with Crippen molar-refractivity contribution in [3.8, 4) is 5.75 Å². The highest BCUT2D eigenvalue weighted by Gasteiger charge is 2.37. The van der Waals surface area contributed by atoms with Gasteiger partial charge in [-0.2, -0.15) is 26.3 Å². The smallest absolute Gasteiger partial charge is 0.416 e. The molecular formula is C21H19ClF6N2O4. The molecular weight excluding hydrogens is 494 g/mol. The monoisotopic (exact) mass is 512 g/mol. The van der Waals surface area contributed by atoms with Crippen molar-refractivity contribution < 1.29 is 45.8 Å². The number of fused-ring (bicyclic) bond motifs is 1. The summed E-state index contributed by atoms with van der Waals surface area (Å²) in [5.74, 6) is -1.61. The number of nitrogens with two attached hydrogens (primary N) is 1. The van der Waals surface area contributed by atoms with E-state index in [0.29, 0.717) is 29.8 Å². The van der Waals surface area contributed by atoms with Gasteiger partial charge in [0.1, 0.15) is 12.4 Å². The zero-order valence-corrected chi connectivity index (χ0v) is 18.1. The van der Waals surface area contributed by atoms with Gasteiger partial charge >= 0.3 is 18.3 Å². The molecule has 0 saturated heterocycles. The van der Waals surface area contributed by atoms with Gasteiger partial charge < -0.3 is 20.5 Å². The summed E-state index contributed by atoms with van der Waals surface area (Å²) in [5.41, 5.74) is 3.57. The summed E-state index contributed by atoms with van der Waals surface area (Å²) >= 11 is 0. The Hall–Kier alpha value is -2.99. The number of anilines is 1. The molecule has 1 heterocycles. The molecule has 3 N–H and O–H groups in total. The van der Waals surface area contributed by atoms with Gasteiger partial charge in [0.15, 0.2) is 0 Å². The van der Waals surface area contributed by atoms with Crippen LogP contribution in [-0.4, -0.2) is 29.6 Å². The molecule has 2 aromatic rings. The Balaban J connectivity index is 0.00000408. The van der Waals surface area contributed by atoms with Crippen LogP contribution in [0.2, 0.25) is 0 Å². The molecule has 0 radical (unpaired) electrons. The Labute approximate surface area is 195 Å². The van der Waals surface area contributed by atoms with E-state index in [9.17, 15) is 35.9 Å². The van der Waals surface area contributed by atoms with Gasteiger partial charge in [-0.25, -0.2) is 0 Å². The number of carbonyl (C=O) groups is 2. The van der Waals surface area contributed by atoms with E-state index in [0.717, 1.165) is 0 Å².